The lowest BCUT2D eigenvalue weighted by Crippen LogP contribution is -2.35. The van der Waals surface area contributed by atoms with E-state index in [4.69, 9.17) is 9.57 Å². The second kappa shape index (κ2) is 8.26. The number of thiazole rings is 1. The maximum Gasteiger partial charge on any atom is 0.251 e. The lowest BCUT2D eigenvalue weighted by molar-refractivity contribution is -0.127. The standard InChI is InChI=1S/C24H20N2O3S/c27-24-13-12-18-7-1-3-10-21(18)26(24)29-15-17-6-5-8-19(14-17)28-16-23-25-20-9-2-4-11-22(20)30-23/h1-11,14H,12-13,15-16H2. The molecular formula is C24H20N2O3S. The van der Waals surface area contributed by atoms with Gasteiger partial charge in [-0.3, -0.25) is 9.63 Å². The molecule has 30 heavy (non-hydrogen) atoms. The van der Waals surface area contributed by atoms with E-state index >= 15 is 0 Å². The highest BCUT2D eigenvalue weighted by Gasteiger charge is 2.24. The number of hydroxylamine groups is 1. The minimum atomic E-state index is -0.0167. The predicted octanol–water partition coefficient (Wildman–Crippen LogP) is 5.29. The Bertz CT molecular complexity index is 1170. The Hall–Kier alpha value is -3.22. The monoisotopic (exact) mass is 416 g/mol. The van der Waals surface area contributed by atoms with Crippen molar-refractivity contribution in [2.45, 2.75) is 26.1 Å². The second-order valence-corrected chi connectivity index (χ2v) is 8.22. The fourth-order valence-corrected chi connectivity index (χ4v) is 4.41. The van der Waals surface area contributed by atoms with Crippen molar-refractivity contribution >= 4 is 33.1 Å². The average molecular weight is 417 g/mol. The van der Waals surface area contributed by atoms with Crippen molar-refractivity contribution in [3.63, 3.8) is 0 Å². The summed E-state index contributed by atoms with van der Waals surface area (Å²) in [5, 5.41) is 2.36. The van der Waals surface area contributed by atoms with Crippen LogP contribution in [-0.2, 0) is 29.3 Å². The molecule has 3 aromatic carbocycles. The molecule has 1 aromatic heterocycles. The van der Waals surface area contributed by atoms with E-state index in [2.05, 4.69) is 11.1 Å². The number of para-hydroxylation sites is 2. The van der Waals surface area contributed by atoms with Gasteiger partial charge in [0.05, 0.1) is 15.9 Å². The zero-order valence-electron chi connectivity index (χ0n) is 16.3. The van der Waals surface area contributed by atoms with Crippen molar-refractivity contribution < 1.29 is 14.4 Å². The summed E-state index contributed by atoms with van der Waals surface area (Å²) in [6, 6.07) is 23.7. The van der Waals surface area contributed by atoms with Gasteiger partial charge in [-0.1, -0.05) is 42.5 Å². The molecule has 0 fully saturated rings. The van der Waals surface area contributed by atoms with Crippen LogP contribution in [-0.4, -0.2) is 10.9 Å². The van der Waals surface area contributed by atoms with Crippen LogP contribution in [0.3, 0.4) is 0 Å². The van der Waals surface area contributed by atoms with Gasteiger partial charge in [0.2, 0.25) is 0 Å². The first-order chi connectivity index (χ1) is 14.8. The molecular weight excluding hydrogens is 396 g/mol. The number of aromatic nitrogens is 1. The number of fused-ring (bicyclic) bond motifs is 2. The molecule has 0 atom stereocenters. The maximum atomic E-state index is 12.3. The summed E-state index contributed by atoms with van der Waals surface area (Å²) in [6.45, 7) is 0.708. The Morgan fingerprint density at radius 1 is 0.933 bits per heavy atom. The molecule has 0 saturated carbocycles. The summed E-state index contributed by atoms with van der Waals surface area (Å²) in [4.78, 5) is 22.8. The first-order valence-corrected chi connectivity index (χ1v) is 10.7. The fourth-order valence-electron chi connectivity index (χ4n) is 3.53. The van der Waals surface area contributed by atoms with Gasteiger partial charge in [0.25, 0.3) is 5.91 Å². The number of rotatable bonds is 6. The Labute approximate surface area is 178 Å². The second-order valence-electron chi connectivity index (χ2n) is 7.10. The SMILES string of the molecule is O=C1CCc2ccccc2N1OCc1cccc(OCc2nc3ccccc3s2)c1. The van der Waals surface area contributed by atoms with Gasteiger partial charge in [0.1, 0.15) is 24.0 Å². The van der Waals surface area contributed by atoms with Gasteiger partial charge in [-0.05, 0) is 47.9 Å². The van der Waals surface area contributed by atoms with Crippen LogP contribution in [0, 0.1) is 0 Å². The normalized spacial score (nSPS) is 13.5. The number of carbonyl (C=O) groups is 1. The van der Waals surface area contributed by atoms with Crippen LogP contribution in [0.15, 0.2) is 72.8 Å². The van der Waals surface area contributed by atoms with Gasteiger partial charge in [-0.15, -0.1) is 11.3 Å². The smallest absolute Gasteiger partial charge is 0.251 e. The van der Waals surface area contributed by atoms with E-state index in [1.807, 2.05) is 66.7 Å². The van der Waals surface area contributed by atoms with Crippen LogP contribution in [0.5, 0.6) is 5.75 Å². The van der Waals surface area contributed by atoms with Crippen LogP contribution in [0.2, 0.25) is 0 Å². The van der Waals surface area contributed by atoms with Gasteiger partial charge in [0.15, 0.2) is 0 Å². The number of amides is 1. The third-order valence-corrected chi connectivity index (χ3v) is 6.01. The highest BCUT2D eigenvalue weighted by atomic mass is 32.1. The zero-order valence-corrected chi connectivity index (χ0v) is 17.1. The van der Waals surface area contributed by atoms with Crippen molar-refractivity contribution in [2.24, 2.45) is 0 Å². The van der Waals surface area contributed by atoms with Crippen molar-refractivity contribution in [3.8, 4) is 5.75 Å². The summed E-state index contributed by atoms with van der Waals surface area (Å²) in [6.07, 6.45) is 1.21. The molecule has 0 bridgehead atoms. The summed E-state index contributed by atoms with van der Waals surface area (Å²) in [5.41, 5.74) is 3.89. The lowest BCUT2D eigenvalue weighted by atomic mass is 10.0. The molecule has 5 nitrogen and oxygen atoms in total. The molecule has 150 valence electrons. The van der Waals surface area contributed by atoms with Crippen molar-refractivity contribution in [3.05, 3.63) is 88.9 Å². The molecule has 5 rings (SSSR count). The molecule has 0 aliphatic carbocycles. The average Bonchev–Trinajstić information content (AvgIpc) is 3.20. The Balaban J connectivity index is 1.24. The summed E-state index contributed by atoms with van der Waals surface area (Å²) >= 11 is 1.64. The molecule has 1 aliphatic heterocycles. The number of aryl methyl sites for hydroxylation is 1. The molecule has 1 aliphatic rings. The van der Waals surface area contributed by atoms with Crippen LogP contribution in [0.1, 0.15) is 22.6 Å². The van der Waals surface area contributed by atoms with E-state index < -0.39 is 0 Å². The Kier molecular flexibility index (Phi) is 5.17. The van der Waals surface area contributed by atoms with Gasteiger partial charge in [-0.25, -0.2) is 4.98 Å². The highest BCUT2D eigenvalue weighted by Crippen LogP contribution is 2.28. The van der Waals surface area contributed by atoms with Crippen molar-refractivity contribution in [1.82, 2.24) is 4.98 Å². The van der Waals surface area contributed by atoms with E-state index in [9.17, 15) is 4.79 Å². The fraction of sp³-hybridized carbons (Fsp3) is 0.167. The predicted molar refractivity (Wildman–Crippen MR) is 117 cm³/mol. The zero-order chi connectivity index (χ0) is 20.3. The molecule has 0 N–H and O–H groups in total. The first-order valence-electron chi connectivity index (χ1n) is 9.86. The Morgan fingerprint density at radius 3 is 2.73 bits per heavy atom. The molecule has 4 aromatic rings. The number of hydrogen-bond acceptors (Lipinski definition) is 5. The van der Waals surface area contributed by atoms with E-state index in [0.29, 0.717) is 19.6 Å². The molecule has 0 radical (unpaired) electrons. The van der Waals surface area contributed by atoms with E-state index in [0.717, 1.165) is 44.2 Å². The van der Waals surface area contributed by atoms with Crippen LogP contribution in [0.25, 0.3) is 10.2 Å². The van der Waals surface area contributed by atoms with Gasteiger partial charge >= 0.3 is 0 Å². The molecule has 0 saturated heterocycles. The largest absolute Gasteiger partial charge is 0.486 e. The van der Waals surface area contributed by atoms with E-state index in [-0.39, 0.29) is 5.91 Å². The van der Waals surface area contributed by atoms with Gasteiger partial charge < -0.3 is 4.74 Å². The van der Waals surface area contributed by atoms with Crippen LogP contribution >= 0.6 is 11.3 Å². The number of ether oxygens (including phenoxy) is 1. The number of carbonyl (C=O) groups excluding carboxylic acids is 1. The number of benzene rings is 3. The first kappa shape index (κ1) is 18.8. The molecule has 0 spiro atoms. The third kappa shape index (κ3) is 3.92. The molecule has 1 amide bonds. The summed E-state index contributed by atoms with van der Waals surface area (Å²) in [5.74, 6) is 0.734. The lowest BCUT2D eigenvalue weighted by Gasteiger charge is -2.28. The van der Waals surface area contributed by atoms with Crippen LogP contribution in [0.4, 0.5) is 5.69 Å². The summed E-state index contributed by atoms with van der Waals surface area (Å²) in [7, 11) is 0. The highest BCUT2D eigenvalue weighted by molar-refractivity contribution is 7.18. The minimum absolute atomic E-state index is 0.0167. The van der Waals surface area contributed by atoms with E-state index in [1.54, 1.807) is 11.3 Å². The number of hydrogen-bond donors (Lipinski definition) is 0. The molecule has 0 unspecified atom stereocenters. The van der Waals surface area contributed by atoms with E-state index in [1.165, 1.54) is 5.06 Å². The van der Waals surface area contributed by atoms with Gasteiger partial charge in [-0.2, -0.15) is 5.06 Å². The van der Waals surface area contributed by atoms with Crippen molar-refractivity contribution in [1.29, 1.82) is 0 Å². The topological polar surface area (TPSA) is 51.7 Å². The number of nitrogens with zero attached hydrogens (tertiary/aromatic N) is 2. The number of anilines is 1. The Morgan fingerprint density at radius 2 is 1.80 bits per heavy atom. The van der Waals surface area contributed by atoms with Crippen LogP contribution < -0.4 is 9.80 Å². The molecule has 6 heteroatoms. The summed E-state index contributed by atoms with van der Waals surface area (Å²) < 4.78 is 7.10. The van der Waals surface area contributed by atoms with Crippen molar-refractivity contribution in [2.75, 3.05) is 5.06 Å². The maximum absolute atomic E-state index is 12.3. The quantitative estimate of drug-likeness (QED) is 0.429. The molecule has 2 heterocycles. The third-order valence-electron chi connectivity index (χ3n) is 5.00. The van der Waals surface area contributed by atoms with Gasteiger partial charge in [0, 0.05) is 6.42 Å². The minimum Gasteiger partial charge on any atom is -0.486 e.